The molecule has 3 aliphatic rings. The van der Waals surface area contributed by atoms with Crippen LogP contribution in [0.4, 0.5) is 13.2 Å². The molecule has 1 aromatic carbocycles. The van der Waals surface area contributed by atoms with Gasteiger partial charge >= 0.3 is 5.97 Å². The van der Waals surface area contributed by atoms with Crippen LogP contribution >= 0.6 is 0 Å². The Labute approximate surface area is 228 Å². The summed E-state index contributed by atoms with van der Waals surface area (Å²) < 4.78 is 51.0. The van der Waals surface area contributed by atoms with Crippen LogP contribution in [0.25, 0.3) is 0 Å². The van der Waals surface area contributed by atoms with Crippen LogP contribution in [0.5, 0.6) is 5.75 Å². The summed E-state index contributed by atoms with van der Waals surface area (Å²) in [5.74, 6) is -2.39. The Morgan fingerprint density at radius 2 is 1.79 bits per heavy atom. The SMILES string of the molecule is CCC(F)(CC)CN1CCC(COc2ccc(C3C=CC=CC3(F)C(=O)N3C[C@@H](F)C[C@H]3C(=O)O)cc2)CC1. The van der Waals surface area contributed by atoms with Crippen molar-refractivity contribution in [1.82, 2.24) is 9.80 Å². The van der Waals surface area contributed by atoms with Crippen LogP contribution in [0, 0.1) is 5.92 Å². The molecule has 6 nitrogen and oxygen atoms in total. The summed E-state index contributed by atoms with van der Waals surface area (Å²) in [4.78, 5) is 27.8. The van der Waals surface area contributed by atoms with Gasteiger partial charge in [0, 0.05) is 18.9 Å². The number of nitrogens with zero attached hydrogens (tertiary/aromatic N) is 2. The predicted molar refractivity (Wildman–Crippen MR) is 143 cm³/mol. The molecule has 2 heterocycles. The van der Waals surface area contributed by atoms with Crippen LogP contribution < -0.4 is 4.74 Å². The molecule has 2 fully saturated rings. The molecule has 0 aromatic heterocycles. The number of hydrogen-bond donors (Lipinski definition) is 1. The van der Waals surface area contributed by atoms with E-state index in [1.807, 2.05) is 13.8 Å². The maximum absolute atomic E-state index is 16.3. The van der Waals surface area contributed by atoms with E-state index in [-0.39, 0.29) is 6.42 Å². The number of carboxylic acids is 1. The van der Waals surface area contributed by atoms with Gasteiger partial charge in [0.25, 0.3) is 5.91 Å². The molecule has 39 heavy (non-hydrogen) atoms. The first-order valence-corrected chi connectivity index (χ1v) is 14.0. The Balaban J connectivity index is 1.35. The van der Waals surface area contributed by atoms with E-state index in [2.05, 4.69) is 4.90 Å². The highest BCUT2D eigenvalue weighted by molar-refractivity contribution is 5.93. The van der Waals surface area contributed by atoms with E-state index in [0.29, 0.717) is 43.2 Å². The molecule has 0 spiro atoms. The maximum atomic E-state index is 16.3. The van der Waals surface area contributed by atoms with Gasteiger partial charge in [-0.15, -0.1) is 0 Å². The Bertz CT molecular complexity index is 1070. The predicted octanol–water partition coefficient (Wildman–Crippen LogP) is 5.25. The molecule has 2 unspecified atom stereocenters. The van der Waals surface area contributed by atoms with Crippen molar-refractivity contribution in [3.8, 4) is 5.75 Å². The third-order valence-corrected chi connectivity index (χ3v) is 8.54. The quantitative estimate of drug-likeness (QED) is 0.433. The molecule has 1 aromatic rings. The molecular weight excluding hydrogens is 509 g/mol. The number of amides is 1. The zero-order chi connectivity index (χ0) is 28.2. The molecular formula is C30H39F3N2O4. The molecule has 4 atom stereocenters. The maximum Gasteiger partial charge on any atom is 0.326 e. The summed E-state index contributed by atoms with van der Waals surface area (Å²) >= 11 is 0. The topological polar surface area (TPSA) is 70.1 Å². The average Bonchev–Trinajstić information content (AvgIpc) is 3.34. The number of ether oxygens (including phenoxy) is 1. The number of halogens is 3. The number of carboxylic acid groups (broad SMARTS) is 1. The second kappa shape index (κ2) is 12.1. The van der Waals surface area contributed by atoms with Crippen LogP contribution in [0.3, 0.4) is 0 Å². The zero-order valence-corrected chi connectivity index (χ0v) is 22.7. The number of carbonyl (C=O) groups is 2. The number of piperidine rings is 1. The molecule has 2 aliphatic heterocycles. The molecule has 0 saturated carbocycles. The standard InChI is InChI=1S/C30H39F3N2O4/c1-3-29(32,4-2)20-34-15-12-21(13-16-34)19-39-24-10-8-22(9-11-24)25-7-5-6-14-30(25,33)28(38)35-18-23(31)17-26(35)27(36)37/h5-11,14,21,23,25-26H,3-4,12-13,15-20H2,1-2H3,(H,36,37)/t23-,25?,26-,30?/m0/s1. The lowest BCUT2D eigenvalue weighted by Crippen LogP contribution is -2.52. The fourth-order valence-electron chi connectivity index (χ4n) is 5.81. The minimum absolute atomic E-state index is 0.347. The Morgan fingerprint density at radius 3 is 2.41 bits per heavy atom. The number of likely N-dealkylation sites (tertiary alicyclic amines) is 2. The van der Waals surface area contributed by atoms with E-state index < -0.39 is 47.9 Å². The van der Waals surface area contributed by atoms with Gasteiger partial charge in [0.05, 0.1) is 13.2 Å². The minimum atomic E-state index is -2.53. The number of benzene rings is 1. The molecule has 1 amide bonds. The summed E-state index contributed by atoms with van der Waals surface area (Å²) in [6.07, 6.45) is 6.78. The van der Waals surface area contributed by atoms with Crippen molar-refractivity contribution in [3.63, 3.8) is 0 Å². The summed E-state index contributed by atoms with van der Waals surface area (Å²) in [6, 6.07) is 5.46. The van der Waals surface area contributed by atoms with Crippen molar-refractivity contribution in [2.45, 2.75) is 75.4 Å². The summed E-state index contributed by atoms with van der Waals surface area (Å²) in [7, 11) is 0. The molecule has 2 saturated heterocycles. The minimum Gasteiger partial charge on any atom is -0.493 e. The molecule has 214 valence electrons. The van der Waals surface area contributed by atoms with Crippen molar-refractivity contribution >= 4 is 11.9 Å². The van der Waals surface area contributed by atoms with Crippen molar-refractivity contribution in [3.05, 3.63) is 54.1 Å². The van der Waals surface area contributed by atoms with Gasteiger partial charge < -0.3 is 19.6 Å². The van der Waals surface area contributed by atoms with E-state index in [9.17, 15) is 23.5 Å². The van der Waals surface area contributed by atoms with Crippen molar-refractivity contribution in [1.29, 1.82) is 0 Å². The first kappa shape index (κ1) is 29.2. The van der Waals surface area contributed by atoms with Gasteiger partial charge in [-0.2, -0.15) is 0 Å². The van der Waals surface area contributed by atoms with Gasteiger partial charge in [-0.05, 0) is 68.5 Å². The Kier molecular flexibility index (Phi) is 9.09. The number of allylic oxidation sites excluding steroid dienone is 3. The molecule has 0 radical (unpaired) electrons. The Morgan fingerprint density at radius 1 is 1.13 bits per heavy atom. The van der Waals surface area contributed by atoms with Gasteiger partial charge in [-0.3, -0.25) is 4.79 Å². The van der Waals surface area contributed by atoms with Gasteiger partial charge in [0.2, 0.25) is 5.67 Å². The van der Waals surface area contributed by atoms with Gasteiger partial charge in [0.1, 0.15) is 23.6 Å². The second-order valence-electron chi connectivity index (χ2n) is 11.1. The van der Waals surface area contributed by atoms with Gasteiger partial charge in [-0.25, -0.2) is 18.0 Å². The normalized spacial score (nSPS) is 28.1. The number of aliphatic carboxylic acids is 1. The van der Waals surface area contributed by atoms with Crippen molar-refractivity contribution < 1.29 is 32.6 Å². The van der Waals surface area contributed by atoms with Crippen LogP contribution in [0.2, 0.25) is 0 Å². The number of alkyl halides is 3. The Hall–Kier alpha value is -2.81. The highest BCUT2D eigenvalue weighted by atomic mass is 19.1. The average molecular weight is 549 g/mol. The molecule has 0 bridgehead atoms. The van der Waals surface area contributed by atoms with Crippen molar-refractivity contribution in [2.75, 3.05) is 32.8 Å². The van der Waals surface area contributed by atoms with Crippen LogP contribution in [-0.2, 0) is 9.59 Å². The van der Waals surface area contributed by atoms with E-state index in [0.717, 1.165) is 36.9 Å². The molecule has 9 heteroatoms. The highest BCUT2D eigenvalue weighted by Gasteiger charge is 2.52. The lowest BCUT2D eigenvalue weighted by molar-refractivity contribution is -0.152. The van der Waals surface area contributed by atoms with Crippen LogP contribution in [0.1, 0.15) is 57.4 Å². The number of hydrogen-bond acceptors (Lipinski definition) is 4. The summed E-state index contributed by atoms with van der Waals surface area (Å²) in [6.45, 7) is 6.04. The highest BCUT2D eigenvalue weighted by Crippen LogP contribution is 2.40. The third-order valence-electron chi connectivity index (χ3n) is 8.54. The zero-order valence-electron chi connectivity index (χ0n) is 22.7. The van der Waals surface area contributed by atoms with Crippen LogP contribution in [-0.4, -0.2) is 83.1 Å². The third kappa shape index (κ3) is 6.51. The van der Waals surface area contributed by atoms with Crippen LogP contribution in [0.15, 0.2) is 48.6 Å². The molecule has 4 rings (SSSR count). The summed E-state index contributed by atoms with van der Waals surface area (Å²) in [5.41, 5.74) is -3.13. The van der Waals surface area contributed by atoms with Crippen molar-refractivity contribution in [2.24, 2.45) is 5.92 Å². The molecule has 1 aliphatic carbocycles. The monoisotopic (exact) mass is 548 g/mol. The number of rotatable bonds is 10. The summed E-state index contributed by atoms with van der Waals surface area (Å²) in [5, 5.41) is 9.42. The van der Waals surface area contributed by atoms with E-state index in [4.69, 9.17) is 4.74 Å². The molecule has 1 N–H and O–H groups in total. The fourth-order valence-corrected chi connectivity index (χ4v) is 5.81. The lowest BCUT2D eigenvalue weighted by atomic mass is 9.79. The van der Waals surface area contributed by atoms with E-state index in [1.54, 1.807) is 36.4 Å². The smallest absolute Gasteiger partial charge is 0.326 e. The van der Waals surface area contributed by atoms with Gasteiger partial charge in [-0.1, -0.05) is 44.2 Å². The van der Waals surface area contributed by atoms with Gasteiger partial charge in [0.15, 0.2) is 0 Å². The fraction of sp³-hybridized carbons (Fsp3) is 0.600. The van der Waals surface area contributed by atoms with E-state index in [1.165, 1.54) is 6.08 Å². The first-order valence-electron chi connectivity index (χ1n) is 14.0. The largest absolute Gasteiger partial charge is 0.493 e. The second-order valence-corrected chi connectivity index (χ2v) is 11.1. The van der Waals surface area contributed by atoms with E-state index >= 15 is 4.39 Å². The number of carbonyl (C=O) groups excluding carboxylic acids is 1. The lowest BCUT2D eigenvalue weighted by Gasteiger charge is -2.36. The first-order chi connectivity index (χ1) is 18.6.